The van der Waals surface area contributed by atoms with Gasteiger partial charge < -0.3 is 15.4 Å². The van der Waals surface area contributed by atoms with Gasteiger partial charge in [0.1, 0.15) is 0 Å². The third-order valence-corrected chi connectivity index (χ3v) is 2.26. The van der Waals surface area contributed by atoms with Gasteiger partial charge in [-0.15, -0.1) is 0 Å². The summed E-state index contributed by atoms with van der Waals surface area (Å²) in [5, 5.41) is 17.8. The van der Waals surface area contributed by atoms with Gasteiger partial charge in [0.2, 0.25) is 0 Å². The molecule has 0 aliphatic rings. The molecule has 0 spiro atoms. The minimum absolute atomic E-state index is 0.0403. The highest BCUT2D eigenvalue weighted by Gasteiger charge is 2.16. The molecule has 1 N–H and O–H groups in total. The van der Waals surface area contributed by atoms with Crippen molar-refractivity contribution in [2.45, 2.75) is 33.2 Å². The number of aryl methyl sites for hydroxylation is 2. The SMILES string of the molecule is CCCNCCCn1cc(C)c([N+](=O)[O-])n1. The zero-order valence-electron chi connectivity index (χ0n) is 9.77. The monoisotopic (exact) mass is 226 g/mol. The maximum atomic E-state index is 10.6. The van der Waals surface area contributed by atoms with Crippen molar-refractivity contribution in [2.75, 3.05) is 13.1 Å². The fourth-order valence-electron chi connectivity index (χ4n) is 1.47. The molecular formula is C10H18N4O2. The summed E-state index contributed by atoms with van der Waals surface area (Å²) >= 11 is 0. The van der Waals surface area contributed by atoms with Gasteiger partial charge in [0.15, 0.2) is 0 Å². The van der Waals surface area contributed by atoms with Crippen LogP contribution in [-0.2, 0) is 6.54 Å². The summed E-state index contributed by atoms with van der Waals surface area (Å²) in [4.78, 5) is 10.1. The Morgan fingerprint density at radius 2 is 2.31 bits per heavy atom. The molecule has 0 amide bonds. The van der Waals surface area contributed by atoms with Crippen molar-refractivity contribution in [3.63, 3.8) is 0 Å². The number of rotatable bonds is 7. The first kappa shape index (κ1) is 12.6. The molecule has 90 valence electrons. The normalized spacial score (nSPS) is 10.6. The van der Waals surface area contributed by atoms with Gasteiger partial charge in [0, 0.05) is 0 Å². The van der Waals surface area contributed by atoms with E-state index < -0.39 is 4.92 Å². The Hall–Kier alpha value is -1.43. The van der Waals surface area contributed by atoms with Crippen LogP contribution >= 0.6 is 0 Å². The Morgan fingerprint density at radius 1 is 1.56 bits per heavy atom. The second-order valence-electron chi connectivity index (χ2n) is 3.76. The molecule has 0 aromatic carbocycles. The smallest absolute Gasteiger partial charge is 0.358 e. The number of nitrogens with one attached hydrogen (secondary N) is 1. The average Bonchev–Trinajstić information content (AvgIpc) is 2.59. The van der Waals surface area contributed by atoms with Crippen molar-refractivity contribution in [1.29, 1.82) is 0 Å². The molecule has 0 aliphatic heterocycles. The molecule has 0 aliphatic carbocycles. The van der Waals surface area contributed by atoms with Crippen molar-refractivity contribution in [3.05, 3.63) is 21.9 Å². The van der Waals surface area contributed by atoms with Gasteiger partial charge in [-0.25, -0.2) is 0 Å². The van der Waals surface area contributed by atoms with E-state index >= 15 is 0 Å². The summed E-state index contributed by atoms with van der Waals surface area (Å²) in [6, 6.07) is 0. The second kappa shape index (κ2) is 6.22. The van der Waals surface area contributed by atoms with Crippen molar-refractivity contribution in [3.8, 4) is 0 Å². The van der Waals surface area contributed by atoms with Crippen LogP contribution < -0.4 is 5.32 Å². The van der Waals surface area contributed by atoms with Crippen LogP contribution in [0.15, 0.2) is 6.20 Å². The molecule has 6 nitrogen and oxygen atoms in total. The zero-order valence-corrected chi connectivity index (χ0v) is 9.77. The molecule has 1 rings (SSSR count). The fourth-order valence-corrected chi connectivity index (χ4v) is 1.47. The first-order valence-electron chi connectivity index (χ1n) is 5.54. The first-order valence-corrected chi connectivity index (χ1v) is 5.54. The zero-order chi connectivity index (χ0) is 12.0. The van der Waals surface area contributed by atoms with Crippen molar-refractivity contribution in [1.82, 2.24) is 15.1 Å². The highest BCUT2D eigenvalue weighted by Crippen LogP contribution is 2.13. The van der Waals surface area contributed by atoms with E-state index in [1.54, 1.807) is 17.8 Å². The molecular weight excluding hydrogens is 208 g/mol. The number of aromatic nitrogens is 2. The lowest BCUT2D eigenvalue weighted by Gasteiger charge is -2.00. The first-order chi connectivity index (χ1) is 7.65. The van der Waals surface area contributed by atoms with E-state index in [0.29, 0.717) is 12.1 Å². The maximum Gasteiger partial charge on any atom is 0.392 e. The van der Waals surface area contributed by atoms with Crippen LogP contribution in [-0.4, -0.2) is 27.8 Å². The van der Waals surface area contributed by atoms with Gasteiger partial charge in [-0.1, -0.05) is 6.92 Å². The van der Waals surface area contributed by atoms with Gasteiger partial charge in [-0.2, -0.15) is 4.68 Å². The standard InChI is InChI=1S/C10H18N4O2/c1-3-5-11-6-4-7-13-8-9(2)10(12-13)14(15)16/h8,11H,3-7H2,1-2H3. The molecule has 1 heterocycles. The van der Waals surface area contributed by atoms with Gasteiger partial charge in [0.05, 0.1) is 23.4 Å². The number of nitrogens with zero attached hydrogens (tertiary/aromatic N) is 3. The third kappa shape index (κ3) is 3.62. The van der Waals surface area contributed by atoms with Gasteiger partial charge in [-0.3, -0.25) is 0 Å². The summed E-state index contributed by atoms with van der Waals surface area (Å²) in [5.74, 6) is -0.0403. The number of nitro groups is 1. The second-order valence-corrected chi connectivity index (χ2v) is 3.76. The van der Waals surface area contributed by atoms with E-state index in [1.165, 1.54) is 0 Å². The molecule has 0 unspecified atom stereocenters. The predicted octanol–water partition coefficient (Wildman–Crippen LogP) is 1.49. The van der Waals surface area contributed by atoms with E-state index in [9.17, 15) is 10.1 Å². The van der Waals surface area contributed by atoms with E-state index in [2.05, 4.69) is 17.3 Å². The van der Waals surface area contributed by atoms with Crippen molar-refractivity contribution < 1.29 is 4.92 Å². The summed E-state index contributed by atoms with van der Waals surface area (Å²) in [6.45, 7) is 6.47. The summed E-state index contributed by atoms with van der Waals surface area (Å²) in [7, 11) is 0. The molecule has 0 radical (unpaired) electrons. The van der Waals surface area contributed by atoms with Crippen molar-refractivity contribution in [2.24, 2.45) is 0 Å². The van der Waals surface area contributed by atoms with Crippen LogP contribution in [0.2, 0.25) is 0 Å². The topological polar surface area (TPSA) is 73.0 Å². The van der Waals surface area contributed by atoms with E-state index in [4.69, 9.17) is 0 Å². The van der Waals surface area contributed by atoms with Crippen molar-refractivity contribution >= 4 is 5.82 Å². The highest BCUT2D eigenvalue weighted by molar-refractivity contribution is 5.27. The lowest BCUT2D eigenvalue weighted by Crippen LogP contribution is -2.17. The highest BCUT2D eigenvalue weighted by atomic mass is 16.6. The van der Waals surface area contributed by atoms with Crippen LogP contribution in [0.4, 0.5) is 5.82 Å². The maximum absolute atomic E-state index is 10.6. The molecule has 1 aromatic heterocycles. The number of hydrogen-bond donors (Lipinski definition) is 1. The molecule has 0 fully saturated rings. The molecule has 16 heavy (non-hydrogen) atoms. The fraction of sp³-hybridized carbons (Fsp3) is 0.700. The molecule has 6 heteroatoms. The van der Waals surface area contributed by atoms with E-state index in [-0.39, 0.29) is 5.82 Å². The van der Waals surface area contributed by atoms with Gasteiger partial charge >= 0.3 is 5.82 Å². The van der Waals surface area contributed by atoms with Crippen LogP contribution in [0.5, 0.6) is 0 Å². The van der Waals surface area contributed by atoms with Crippen LogP contribution in [0.25, 0.3) is 0 Å². The molecule has 0 saturated carbocycles. The Labute approximate surface area is 94.8 Å². The Balaban J connectivity index is 2.37. The lowest BCUT2D eigenvalue weighted by molar-refractivity contribution is -0.390. The quantitative estimate of drug-likeness (QED) is 0.434. The molecule has 0 atom stereocenters. The summed E-state index contributed by atoms with van der Waals surface area (Å²) < 4.78 is 1.64. The van der Waals surface area contributed by atoms with E-state index in [1.807, 2.05) is 0 Å². The summed E-state index contributed by atoms with van der Waals surface area (Å²) in [5.41, 5.74) is 0.617. The van der Waals surface area contributed by atoms with E-state index in [0.717, 1.165) is 25.9 Å². The summed E-state index contributed by atoms with van der Waals surface area (Å²) in [6.07, 6.45) is 3.77. The Bertz CT molecular complexity index is 349. The molecule has 0 saturated heterocycles. The van der Waals surface area contributed by atoms with Crippen LogP contribution in [0.3, 0.4) is 0 Å². The lowest BCUT2D eigenvalue weighted by atomic mass is 10.4. The largest absolute Gasteiger partial charge is 0.392 e. The average molecular weight is 226 g/mol. The Morgan fingerprint density at radius 3 is 2.88 bits per heavy atom. The predicted molar refractivity (Wildman–Crippen MR) is 61.4 cm³/mol. The minimum atomic E-state index is -0.443. The van der Waals surface area contributed by atoms with Gasteiger partial charge in [0.25, 0.3) is 0 Å². The molecule has 1 aromatic rings. The minimum Gasteiger partial charge on any atom is -0.358 e. The molecule has 0 bridgehead atoms. The third-order valence-electron chi connectivity index (χ3n) is 2.26. The van der Waals surface area contributed by atoms with Crippen LogP contribution in [0, 0.1) is 17.0 Å². The Kier molecular flexibility index (Phi) is 4.91. The van der Waals surface area contributed by atoms with Crippen LogP contribution in [0.1, 0.15) is 25.3 Å². The van der Waals surface area contributed by atoms with Gasteiger partial charge in [-0.05, 0) is 37.8 Å². The number of hydrogen-bond acceptors (Lipinski definition) is 4.